The van der Waals surface area contributed by atoms with Crippen LogP contribution in [0.4, 0.5) is 0 Å². The van der Waals surface area contributed by atoms with E-state index in [1.807, 2.05) is 12.1 Å². The SMILES string of the molecule is Cc1ccc(-c2cccc(CC3(C(N)=O)CN(C(=O)C4CCCC4)CCO3)c2)cc1. The number of carbonyl (C=O) groups is 2. The summed E-state index contributed by atoms with van der Waals surface area (Å²) in [5.41, 5.74) is 9.04. The molecule has 0 bridgehead atoms. The van der Waals surface area contributed by atoms with E-state index in [1.165, 1.54) is 5.56 Å². The molecule has 5 nitrogen and oxygen atoms in total. The van der Waals surface area contributed by atoms with Gasteiger partial charge in [-0.3, -0.25) is 9.59 Å². The van der Waals surface area contributed by atoms with E-state index >= 15 is 0 Å². The lowest BCUT2D eigenvalue weighted by Crippen LogP contribution is -2.61. The van der Waals surface area contributed by atoms with Crippen LogP contribution in [0, 0.1) is 12.8 Å². The van der Waals surface area contributed by atoms with E-state index in [0.717, 1.165) is 42.4 Å². The van der Waals surface area contributed by atoms with Gasteiger partial charge in [-0.15, -0.1) is 0 Å². The minimum Gasteiger partial charge on any atom is -0.367 e. The van der Waals surface area contributed by atoms with Crippen molar-refractivity contribution in [3.8, 4) is 11.1 Å². The number of nitrogens with two attached hydrogens (primary N) is 1. The number of hydrogen-bond donors (Lipinski definition) is 1. The van der Waals surface area contributed by atoms with E-state index in [-0.39, 0.29) is 18.4 Å². The number of rotatable bonds is 5. The highest BCUT2D eigenvalue weighted by atomic mass is 16.5. The van der Waals surface area contributed by atoms with Crippen LogP contribution in [0.15, 0.2) is 48.5 Å². The van der Waals surface area contributed by atoms with E-state index < -0.39 is 11.5 Å². The number of benzene rings is 2. The van der Waals surface area contributed by atoms with Crippen LogP contribution < -0.4 is 5.73 Å². The molecule has 0 radical (unpaired) electrons. The van der Waals surface area contributed by atoms with Crippen LogP contribution in [-0.4, -0.2) is 42.0 Å². The molecule has 2 aliphatic rings. The van der Waals surface area contributed by atoms with Crippen LogP contribution in [0.5, 0.6) is 0 Å². The molecule has 0 spiro atoms. The highest BCUT2D eigenvalue weighted by molar-refractivity contribution is 5.86. The summed E-state index contributed by atoms with van der Waals surface area (Å²) in [6.07, 6.45) is 4.45. The lowest BCUT2D eigenvalue weighted by Gasteiger charge is -2.41. The third-order valence-electron chi connectivity index (χ3n) is 6.45. The van der Waals surface area contributed by atoms with Gasteiger partial charge in [-0.25, -0.2) is 0 Å². The number of morpholine rings is 1. The van der Waals surface area contributed by atoms with E-state index in [4.69, 9.17) is 10.5 Å². The monoisotopic (exact) mass is 406 g/mol. The maximum Gasteiger partial charge on any atom is 0.251 e. The lowest BCUT2D eigenvalue weighted by molar-refractivity contribution is -0.165. The van der Waals surface area contributed by atoms with Crippen molar-refractivity contribution in [3.05, 3.63) is 59.7 Å². The highest BCUT2D eigenvalue weighted by Crippen LogP contribution is 2.30. The Labute approximate surface area is 178 Å². The van der Waals surface area contributed by atoms with E-state index in [2.05, 4.69) is 43.3 Å². The predicted octanol–water partition coefficient (Wildman–Crippen LogP) is 3.48. The topological polar surface area (TPSA) is 72.6 Å². The van der Waals surface area contributed by atoms with Crippen LogP contribution in [0.3, 0.4) is 0 Å². The summed E-state index contributed by atoms with van der Waals surface area (Å²) in [4.78, 5) is 27.3. The molecule has 1 saturated heterocycles. The van der Waals surface area contributed by atoms with Crippen LogP contribution >= 0.6 is 0 Å². The molecule has 1 unspecified atom stereocenters. The Balaban J connectivity index is 1.56. The van der Waals surface area contributed by atoms with Crippen LogP contribution in [0.2, 0.25) is 0 Å². The van der Waals surface area contributed by atoms with Gasteiger partial charge in [0.05, 0.1) is 13.2 Å². The van der Waals surface area contributed by atoms with Gasteiger partial charge < -0.3 is 15.4 Å². The van der Waals surface area contributed by atoms with Crippen molar-refractivity contribution in [1.82, 2.24) is 4.90 Å². The van der Waals surface area contributed by atoms with Gasteiger partial charge in [-0.1, -0.05) is 66.9 Å². The standard InChI is InChI=1S/C25H30N2O3/c1-18-9-11-20(12-10-18)22-8-4-5-19(15-22)16-25(24(26)29)17-27(13-14-30-25)23(28)21-6-2-3-7-21/h4-5,8-12,15,21H,2-3,6-7,13-14,16-17H2,1H3,(H2,26,29). The number of nitrogens with zero attached hydrogens (tertiary/aromatic N) is 1. The van der Waals surface area contributed by atoms with Crippen LogP contribution in [0.1, 0.15) is 36.8 Å². The molecule has 158 valence electrons. The zero-order chi connectivity index (χ0) is 21.1. The van der Waals surface area contributed by atoms with Crippen molar-refractivity contribution in [2.24, 2.45) is 11.7 Å². The Hall–Kier alpha value is -2.66. The summed E-state index contributed by atoms with van der Waals surface area (Å²) in [5, 5.41) is 0. The summed E-state index contributed by atoms with van der Waals surface area (Å²) in [7, 11) is 0. The van der Waals surface area contributed by atoms with Crippen molar-refractivity contribution in [2.75, 3.05) is 19.7 Å². The Morgan fingerprint density at radius 2 is 1.83 bits per heavy atom. The molecule has 1 heterocycles. The molecular weight excluding hydrogens is 376 g/mol. The molecule has 2 N–H and O–H groups in total. The molecule has 5 heteroatoms. The number of aryl methyl sites for hydroxylation is 1. The van der Waals surface area contributed by atoms with Gasteiger partial charge in [-0.2, -0.15) is 0 Å². The van der Waals surface area contributed by atoms with Gasteiger partial charge in [0.2, 0.25) is 5.91 Å². The first-order chi connectivity index (χ1) is 14.5. The van der Waals surface area contributed by atoms with Gasteiger partial charge in [0.1, 0.15) is 0 Å². The minimum absolute atomic E-state index is 0.0820. The van der Waals surface area contributed by atoms with Gasteiger partial charge >= 0.3 is 0 Å². The molecule has 1 saturated carbocycles. The Kier molecular flexibility index (Phi) is 5.91. The first-order valence-electron chi connectivity index (χ1n) is 10.9. The van der Waals surface area contributed by atoms with Crippen LogP contribution in [0.25, 0.3) is 11.1 Å². The molecule has 2 aromatic rings. The number of amides is 2. The predicted molar refractivity (Wildman–Crippen MR) is 117 cm³/mol. The first kappa shape index (κ1) is 20.6. The maximum absolute atomic E-state index is 12.9. The molecule has 2 fully saturated rings. The van der Waals surface area contributed by atoms with Gasteiger partial charge in [0.15, 0.2) is 5.60 Å². The summed E-state index contributed by atoms with van der Waals surface area (Å²) >= 11 is 0. The lowest BCUT2D eigenvalue weighted by atomic mass is 9.89. The van der Waals surface area contributed by atoms with Crippen molar-refractivity contribution in [1.29, 1.82) is 0 Å². The minimum atomic E-state index is -1.18. The number of ether oxygens (including phenoxy) is 1. The van der Waals surface area contributed by atoms with E-state index in [0.29, 0.717) is 19.6 Å². The Bertz CT molecular complexity index is 918. The zero-order valence-corrected chi connectivity index (χ0v) is 17.6. The Morgan fingerprint density at radius 3 is 2.53 bits per heavy atom. The second-order valence-corrected chi connectivity index (χ2v) is 8.69. The number of carbonyl (C=O) groups excluding carboxylic acids is 2. The van der Waals surface area contributed by atoms with Gasteiger partial charge in [0, 0.05) is 18.9 Å². The molecule has 4 rings (SSSR count). The molecule has 1 aliphatic heterocycles. The molecule has 1 aliphatic carbocycles. The van der Waals surface area contributed by atoms with Gasteiger partial charge in [-0.05, 0) is 36.5 Å². The normalized spacial score (nSPS) is 22.2. The summed E-state index contributed by atoms with van der Waals surface area (Å²) in [6.45, 7) is 3.15. The number of hydrogen-bond acceptors (Lipinski definition) is 3. The molecule has 0 aromatic heterocycles. The second kappa shape index (κ2) is 8.60. The van der Waals surface area contributed by atoms with Gasteiger partial charge in [0.25, 0.3) is 5.91 Å². The smallest absolute Gasteiger partial charge is 0.251 e. The molecule has 30 heavy (non-hydrogen) atoms. The molecule has 2 aromatic carbocycles. The molecule has 1 atom stereocenters. The van der Waals surface area contributed by atoms with Crippen LogP contribution in [-0.2, 0) is 20.7 Å². The maximum atomic E-state index is 12.9. The fourth-order valence-corrected chi connectivity index (χ4v) is 4.68. The van der Waals surface area contributed by atoms with E-state index in [1.54, 1.807) is 4.90 Å². The molecular formula is C25H30N2O3. The fraction of sp³-hybridized carbons (Fsp3) is 0.440. The summed E-state index contributed by atoms with van der Waals surface area (Å²) in [5.74, 6) is -0.277. The largest absolute Gasteiger partial charge is 0.367 e. The average molecular weight is 407 g/mol. The quantitative estimate of drug-likeness (QED) is 0.826. The van der Waals surface area contributed by atoms with Crippen molar-refractivity contribution in [2.45, 2.75) is 44.6 Å². The average Bonchev–Trinajstić information content (AvgIpc) is 3.29. The second-order valence-electron chi connectivity index (χ2n) is 8.69. The van der Waals surface area contributed by atoms with Crippen molar-refractivity contribution in [3.63, 3.8) is 0 Å². The third-order valence-corrected chi connectivity index (χ3v) is 6.45. The zero-order valence-electron chi connectivity index (χ0n) is 17.6. The first-order valence-corrected chi connectivity index (χ1v) is 10.9. The summed E-state index contributed by atoms with van der Waals surface area (Å²) in [6, 6.07) is 16.5. The third kappa shape index (κ3) is 4.26. The van der Waals surface area contributed by atoms with Crippen molar-refractivity contribution >= 4 is 11.8 Å². The Morgan fingerprint density at radius 1 is 1.10 bits per heavy atom. The van der Waals surface area contributed by atoms with E-state index in [9.17, 15) is 9.59 Å². The highest BCUT2D eigenvalue weighted by Gasteiger charge is 2.44. The fourth-order valence-electron chi connectivity index (χ4n) is 4.68. The number of primary amides is 1. The van der Waals surface area contributed by atoms with Crippen molar-refractivity contribution < 1.29 is 14.3 Å². The molecule has 2 amide bonds. The summed E-state index contributed by atoms with van der Waals surface area (Å²) < 4.78 is 5.97.